The largest absolute Gasteiger partial charge is 0.508 e. The van der Waals surface area contributed by atoms with E-state index >= 15 is 0 Å². The Balaban J connectivity index is 2.54. The van der Waals surface area contributed by atoms with Gasteiger partial charge >= 0.3 is 0 Å². The van der Waals surface area contributed by atoms with Crippen LogP contribution < -0.4 is 11.5 Å². The van der Waals surface area contributed by atoms with Crippen LogP contribution >= 0.6 is 11.6 Å². The molecule has 0 saturated heterocycles. The number of carbonyl (C=O) groups excluding carboxylic acids is 1. The maximum atomic E-state index is 11.7. The van der Waals surface area contributed by atoms with Gasteiger partial charge in [-0.15, -0.1) is 0 Å². The molecule has 23 heavy (non-hydrogen) atoms. The normalized spacial score (nSPS) is 10.9. The lowest BCUT2D eigenvalue weighted by Crippen LogP contribution is -2.17. The van der Waals surface area contributed by atoms with Crippen molar-refractivity contribution in [2.24, 2.45) is 5.73 Å². The molecule has 0 saturated carbocycles. The smallest absolute Gasteiger partial charge is 0.269 e. The Kier molecular flexibility index (Phi) is 3.54. The molecule has 3 rings (SSSR count). The number of hydrogen-bond donors (Lipinski definition) is 3. The van der Waals surface area contributed by atoms with E-state index in [0.29, 0.717) is 27.1 Å². The minimum absolute atomic E-state index is 0.0787. The van der Waals surface area contributed by atoms with Crippen molar-refractivity contribution in [3.05, 3.63) is 46.7 Å². The summed E-state index contributed by atoms with van der Waals surface area (Å²) < 4.78 is 0. The van der Waals surface area contributed by atoms with Crippen LogP contribution in [0.15, 0.2) is 30.5 Å². The summed E-state index contributed by atoms with van der Waals surface area (Å²) in [6, 6.07) is 6.62. The summed E-state index contributed by atoms with van der Waals surface area (Å²) in [5, 5.41) is 10.9. The third-order valence-corrected chi connectivity index (χ3v) is 4.00. The number of halogens is 1. The summed E-state index contributed by atoms with van der Waals surface area (Å²) in [4.78, 5) is 19.9. The molecule has 0 atom stereocenters. The van der Waals surface area contributed by atoms with E-state index in [2.05, 4.69) is 9.97 Å². The number of anilines is 1. The van der Waals surface area contributed by atoms with Crippen LogP contribution in [0.25, 0.3) is 22.2 Å². The molecule has 0 radical (unpaired) electrons. The van der Waals surface area contributed by atoms with Gasteiger partial charge in [-0.25, -0.2) is 9.97 Å². The third kappa shape index (κ3) is 2.33. The zero-order valence-electron chi connectivity index (χ0n) is 12.2. The van der Waals surface area contributed by atoms with E-state index in [1.165, 1.54) is 6.20 Å². The van der Waals surface area contributed by atoms with Crippen LogP contribution in [-0.2, 0) is 0 Å². The monoisotopic (exact) mass is 328 g/mol. The number of rotatable bonds is 2. The van der Waals surface area contributed by atoms with Crippen LogP contribution in [0.2, 0.25) is 5.02 Å². The number of pyridine rings is 2. The highest BCUT2D eigenvalue weighted by Gasteiger charge is 2.21. The van der Waals surface area contributed by atoms with Crippen molar-refractivity contribution in [3.8, 4) is 16.9 Å². The van der Waals surface area contributed by atoms with Crippen molar-refractivity contribution in [3.63, 3.8) is 0 Å². The van der Waals surface area contributed by atoms with Gasteiger partial charge in [-0.05, 0) is 30.2 Å². The number of hydrogen-bond acceptors (Lipinski definition) is 5. The number of nitrogens with two attached hydrogens (primary N) is 2. The van der Waals surface area contributed by atoms with Crippen molar-refractivity contribution in [1.29, 1.82) is 0 Å². The van der Waals surface area contributed by atoms with Crippen LogP contribution in [-0.4, -0.2) is 21.0 Å². The average Bonchev–Trinajstić information content (AvgIpc) is 2.50. The highest BCUT2D eigenvalue weighted by atomic mass is 35.5. The lowest BCUT2D eigenvalue weighted by molar-refractivity contribution is 0.0997. The van der Waals surface area contributed by atoms with E-state index in [1.54, 1.807) is 31.2 Å². The second-order valence-electron chi connectivity index (χ2n) is 5.05. The van der Waals surface area contributed by atoms with Gasteiger partial charge in [0.25, 0.3) is 5.91 Å². The molecule has 2 aromatic heterocycles. The maximum Gasteiger partial charge on any atom is 0.269 e. The standard InChI is InChI=1S/C16H13ClN4O2/c1-7-8(3-2-4-10(7)22)11-12-9(17)5-6-20-16(12)21-14(13(11)18)15(19)23/h2-6,22H,18H2,1H3,(H2,19,23). The number of phenols is 1. The predicted octanol–water partition coefficient (Wildman–Crippen LogP) is 2.65. The third-order valence-electron chi connectivity index (χ3n) is 3.68. The van der Waals surface area contributed by atoms with Crippen LogP contribution in [0.3, 0.4) is 0 Å². The zero-order valence-corrected chi connectivity index (χ0v) is 12.9. The molecule has 0 bridgehead atoms. The van der Waals surface area contributed by atoms with Gasteiger partial charge in [-0.1, -0.05) is 23.7 Å². The number of primary amides is 1. The Morgan fingerprint density at radius 3 is 2.74 bits per heavy atom. The number of aromatic hydroxyl groups is 1. The number of carbonyl (C=O) groups is 1. The van der Waals surface area contributed by atoms with Crippen LogP contribution in [0.1, 0.15) is 16.1 Å². The van der Waals surface area contributed by atoms with Gasteiger partial charge in [0, 0.05) is 17.1 Å². The number of amides is 1. The maximum absolute atomic E-state index is 11.7. The van der Waals surface area contributed by atoms with Gasteiger partial charge in [-0.2, -0.15) is 0 Å². The summed E-state index contributed by atoms with van der Waals surface area (Å²) in [6.45, 7) is 1.74. The van der Waals surface area contributed by atoms with E-state index < -0.39 is 5.91 Å². The SMILES string of the molecule is Cc1c(O)cccc1-c1c(N)c(C(N)=O)nc2nccc(Cl)c12. The molecular formula is C16H13ClN4O2. The van der Waals surface area contributed by atoms with Gasteiger partial charge < -0.3 is 16.6 Å². The fraction of sp³-hybridized carbons (Fsp3) is 0.0625. The molecule has 0 aliphatic heterocycles. The number of benzene rings is 1. The molecule has 0 spiro atoms. The molecule has 0 fully saturated rings. The first kappa shape index (κ1) is 15.1. The van der Waals surface area contributed by atoms with Gasteiger partial charge in [0.05, 0.1) is 10.7 Å². The average molecular weight is 329 g/mol. The topological polar surface area (TPSA) is 115 Å². The Hall–Kier alpha value is -2.86. The molecule has 116 valence electrons. The number of nitrogens with zero attached hydrogens (tertiary/aromatic N) is 2. The van der Waals surface area contributed by atoms with Crippen molar-refractivity contribution in [1.82, 2.24) is 9.97 Å². The number of phenolic OH excluding ortho intramolecular Hbond substituents is 1. The van der Waals surface area contributed by atoms with Crippen molar-refractivity contribution >= 4 is 34.2 Å². The second kappa shape index (κ2) is 5.40. The van der Waals surface area contributed by atoms with E-state index in [0.717, 1.165) is 0 Å². The second-order valence-corrected chi connectivity index (χ2v) is 5.46. The molecule has 0 aliphatic carbocycles. The van der Waals surface area contributed by atoms with Crippen molar-refractivity contribution in [2.45, 2.75) is 6.92 Å². The van der Waals surface area contributed by atoms with Crippen LogP contribution in [0, 0.1) is 6.92 Å². The molecule has 7 heteroatoms. The summed E-state index contributed by atoms with van der Waals surface area (Å²) >= 11 is 6.29. The Labute approximate surface area is 136 Å². The fourth-order valence-corrected chi connectivity index (χ4v) is 2.76. The number of nitrogen functional groups attached to an aromatic ring is 1. The first-order chi connectivity index (χ1) is 10.9. The van der Waals surface area contributed by atoms with Gasteiger partial charge in [-0.3, -0.25) is 4.79 Å². The molecule has 3 aromatic rings. The molecule has 2 heterocycles. The molecule has 1 aromatic carbocycles. The summed E-state index contributed by atoms with van der Waals surface area (Å²) in [5.74, 6) is -0.655. The minimum Gasteiger partial charge on any atom is -0.508 e. The highest BCUT2D eigenvalue weighted by Crippen LogP contribution is 2.40. The van der Waals surface area contributed by atoms with Gasteiger partial charge in [0.1, 0.15) is 5.75 Å². The Morgan fingerprint density at radius 2 is 2.04 bits per heavy atom. The molecular weight excluding hydrogens is 316 g/mol. The van der Waals surface area contributed by atoms with Crippen LogP contribution in [0.4, 0.5) is 5.69 Å². The fourth-order valence-electron chi connectivity index (χ4n) is 2.53. The highest BCUT2D eigenvalue weighted by molar-refractivity contribution is 6.36. The quantitative estimate of drug-likeness (QED) is 0.669. The zero-order chi connectivity index (χ0) is 16.7. The lowest BCUT2D eigenvalue weighted by atomic mass is 9.95. The van der Waals surface area contributed by atoms with E-state index in [-0.39, 0.29) is 22.8 Å². The number of fused-ring (bicyclic) bond motifs is 1. The molecule has 1 amide bonds. The van der Waals surface area contributed by atoms with Gasteiger partial charge in [0.15, 0.2) is 11.3 Å². The van der Waals surface area contributed by atoms with Gasteiger partial charge in [0.2, 0.25) is 0 Å². The van der Waals surface area contributed by atoms with E-state index in [1.807, 2.05) is 0 Å². The molecule has 6 nitrogen and oxygen atoms in total. The summed E-state index contributed by atoms with van der Waals surface area (Å²) in [7, 11) is 0. The first-order valence-electron chi connectivity index (χ1n) is 6.74. The molecule has 5 N–H and O–H groups in total. The van der Waals surface area contributed by atoms with Crippen molar-refractivity contribution < 1.29 is 9.90 Å². The van der Waals surface area contributed by atoms with Crippen LogP contribution in [0.5, 0.6) is 5.75 Å². The lowest BCUT2D eigenvalue weighted by Gasteiger charge is -2.15. The number of aromatic nitrogens is 2. The Bertz CT molecular complexity index is 956. The first-order valence-corrected chi connectivity index (χ1v) is 7.12. The Morgan fingerprint density at radius 1 is 1.30 bits per heavy atom. The molecule has 0 aliphatic rings. The molecule has 0 unspecified atom stereocenters. The minimum atomic E-state index is -0.759. The van der Waals surface area contributed by atoms with E-state index in [4.69, 9.17) is 23.1 Å². The summed E-state index contributed by atoms with van der Waals surface area (Å²) in [5.41, 5.74) is 13.5. The summed E-state index contributed by atoms with van der Waals surface area (Å²) in [6.07, 6.45) is 1.48. The predicted molar refractivity (Wildman–Crippen MR) is 89.3 cm³/mol. The van der Waals surface area contributed by atoms with E-state index in [9.17, 15) is 9.90 Å². The van der Waals surface area contributed by atoms with Crippen molar-refractivity contribution in [2.75, 3.05) is 5.73 Å².